The number of hydrogen-bond donors (Lipinski definition) is 2. The van der Waals surface area contributed by atoms with E-state index in [0.717, 1.165) is 37.6 Å². The summed E-state index contributed by atoms with van der Waals surface area (Å²) in [5.41, 5.74) is 1.10. The van der Waals surface area contributed by atoms with E-state index < -0.39 is 0 Å². The van der Waals surface area contributed by atoms with Gasteiger partial charge in [0, 0.05) is 12.1 Å². The van der Waals surface area contributed by atoms with Crippen molar-refractivity contribution in [2.24, 2.45) is 11.8 Å². The summed E-state index contributed by atoms with van der Waals surface area (Å²) in [5.74, 6) is 1.50. The molecule has 4 fully saturated rings. The molecule has 0 amide bonds. The van der Waals surface area contributed by atoms with Crippen LogP contribution in [0.2, 0.25) is 0 Å². The number of aliphatic hydroxyl groups is 1. The molecular weight excluding hydrogens is 258 g/mol. The van der Waals surface area contributed by atoms with Gasteiger partial charge < -0.3 is 10.4 Å². The molecule has 4 aliphatic carbocycles. The second-order valence-electron chi connectivity index (χ2n) is 7.66. The molecule has 2 N–H and O–H groups in total. The highest BCUT2D eigenvalue weighted by atomic mass is 16.3. The van der Waals surface area contributed by atoms with Crippen molar-refractivity contribution >= 4 is 6.08 Å². The number of benzene rings is 1. The average molecular weight is 283 g/mol. The van der Waals surface area contributed by atoms with Crippen LogP contribution in [0.5, 0.6) is 0 Å². The molecule has 21 heavy (non-hydrogen) atoms. The maximum Gasteiger partial charge on any atom is 0.0670 e. The van der Waals surface area contributed by atoms with Crippen LogP contribution in [0.15, 0.2) is 36.4 Å². The van der Waals surface area contributed by atoms with Crippen molar-refractivity contribution in [1.29, 1.82) is 0 Å². The van der Waals surface area contributed by atoms with Crippen LogP contribution >= 0.6 is 0 Å². The van der Waals surface area contributed by atoms with Crippen molar-refractivity contribution in [2.45, 2.75) is 49.7 Å². The van der Waals surface area contributed by atoms with E-state index in [9.17, 15) is 5.11 Å². The minimum Gasteiger partial charge on any atom is -0.390 e. The molecule has 4 atom stereocenters. The van der Waals surface area contributed by atoms with Gasteiger partial charge in [0.1, 0.15) is 0 Å². The maximum atomic E-state index is 10.7. The van der Waals surface area contributed by atoms with E-state index >= 15 is 0 Å². The molecule has 0 heterocycles. The van der Waals surface area contributed by atoms with Gasteiger partial charge in [0.2, 0.25) is 0 Å². The molecule has 0 spiro atoms. The SMILES string of the molecule is OC12C[C@H]3C[C@@H](C1)CC(NC/C=C\c1ccccc1)(C3)C2. The Bertz CT molecular complexity index is 522. The molecule has 4 saturated carbocycles. The molecule has 4 aliphatic rings. The summed E-state index contributed by atoms with van der Waals surface area (Å²) in [6.45, 7) is 0.907. The first-order valence-corrected chi connectivity index (χ1v) is 8.34. The fourth-order valence-corrected chi connectivity index (χ4v) is 5.46. The minimum atomic E-state index is -0.361. The summed E-state index contributed by atoms with van der Waals surface area (Å²) >= 11 is 0. The van der Waals surface area contributed by atoms with E-state index in [1.807, 2.05) is 6.07 Å². The standard InChI is InChI=1S/C19H25NO/c21-19-12-16-9-17(13-19)11-18(10-16,14-19)20-8-4-7-15-5-2-1-3-6-15/h1-7,16-17,20-21H,8-14H2/b7-4-/t16-,17+,18?,19?. The van der Waals surface area contributed by atoms with E-state index in [2.05, 4.69) is 41.7 Å². The normalized spacial score (nSPS) is 41.0. The third kappa shape index (κ3) is 2.67. The fourth-order valence-electron chi connectivity index (χ4n) is 5.46. The monoisotopic (exact) mass is 283 g/mol. The zero-order valence-electron chi connectivity index (χ0n) is 12.6. The number of rotatable bonds is 4. The predicted octanol–water partition coefficient (Wildman–Crippen LogP) is 3.37. The molecule has 0 aromatic heterocycles. The molecule has 2 heteroatoms. The van der Waals surface area contributed by atoms with Crippen molar-refractivity contribution in [3.05, 3.63) is 42.0 Å². The van der Waals surface area contributed by atoms with Gasteiger partial charge in [0.25, 0.3) is 0 Å². The first-order chi connectivity index (χ1) is 10.1. The molecule has 0 radical (unpaired) electrons. The highest BCUT2D eigenvalue weighted by molar-refractivity contribution is 5.48. The quantitative estimate of drug-likeness (QED) is 0.888. The van der Waals surface area contributed by atoms with Crippen molar-refractivity contribution in [3.63, 3.8) is 0 Å². The predicted molar refractivity (Wildman–Crippen MR) is 85.8 cm³/mol. The van der Waals surface area contributed by atoms with Crippen LogP contribution < -0.4 is 5.32 Å². The topological polar surface area (TPSA) is 32.3 Å². The molecule has 0 saturated heterocycles. The maximum absolute atomic E-state index is 10.7. The molecule has 4 bridgehead atoms. The minimum absolute atomic E-state index is 0.208. The highest BCUT2D eigenvalue weighted by Gasteiger charge is 2.56. The zero-order chi connectivity index (χ0) is 14.3. The first-order valence-electron chi connectivity index (χ1n) is 8.34. The molecule has 1 aromatic carbocycles. The molecular formula is C19H25NO. The number of hydrogen-bond acceptors (Lipinski definition) is 2. The second-order valence-corrected chi connectivity index (χ2v) is 7.66. The van der Waals surface area contributed by atoms with Crippen LogP contribution in [0, 0.1) is 11.8 Å². The summed E-state index contributed by atoms with van der Waals surface area (Å²) in [7, 11) is 0. The molecule has 1 aromatic rings. The summed E-state index contributed by atoms with van der Waals surface area (Å²) in [6.07, 6.45) is 11.4. The Balaban J connectivity index is 1.40. The van der Waals surface area contributed by atoms with Gasteiger partial charge in [-0.1, -0.05) is 42.5 Å². The second kappa shape index (κ2) is 4.96. The summed E-state index contributed by atoms with van der Waals surface area (Å²) < 4.78 is 0. The van der Waals surface area contributed by atoms with Gasteiger partial charge in [-0.25, -0.2) is 0 Å². The zero-order valence-corrected chi connectivity index (χ0v) is 12.6. The van der Waals surface area contributed by atoms with E-state index in [1.54, 1.807) is 0 Å². The third-order valence-electron chi connectivity index (χ3n) is 5.73. The summed E-state index contributed by atoms with van der Waals surface area (Å²) in [4.78, 5) is 0. The lowest BCUT2D eigenvalue weighted by Gasteiger charge is -2.60. The fraction of sp³-hybridized carbons (Fsp3) is 0.579. The van der Waals surface area contributed by atoms with Gasteiger partial charge in [-0.15, -0.1) is 0 Å². The van der Waals surface area contributed by atoms with Gasteiger partial charge in [-0.3, -0.25) is 0 Å². The lowest BCUT2D eigenvalue weighted by Crippen LogP contribution is -2.64. The van der Waals surface area contributed by atoms with Crippen LogP contribution in [-0.2, 0) is 0 Å². The van der Waals surface area contributed by atoms with Gasteiger partial charge in [-0.05, 0) is 55.9 Å². The lowest BCUT2D eigenvalue weighted by molar-refractivity contribution is -0.141. The van der Waals surface area contributed by atoms with E-state index in [-0.39, 0.29) is 11.1 Å². The molecule has 5 rings (SSSR count). The molecule has 2 unspecified atom stereocenters. The summed E-state index contributed by atoms with van der Waals surface area (Å²) in [6, 6.07) is 10.4. The Labute approximate surface area is 127 Å². The molecule has 2 nitrogen and oxygen atoms in total. The smallest absolute Gasteiger partial charge is 0.0670 e. The molecule has 0 aliphatic heterocycles. The van der Waals surface area contributed by atoms with Crippen molar-refractivity contribution in [3.8, 4) is 0 Å². The Morgan fingerprint density at radius 3 is 2.48 bits per heavy atom. The van der Waals surface area contributed by atoms with Gasteiger partial charge >= 0.3 is 0 Å². The summed E-state index contributed by atoms with van der Waals surface area (Å²) in [5, 5.41) is 14.5. The molecule has 112 valence electrons. The van der Waals surface area contributed by atoms with Crippen molar-refractivity contribution in [1.82, 2.24) is 5.32 Å². The Kier molecular flexibility index (Phi) is 3.20. The van der Waals surface area contributed by atoms with Crippen molar-refractivity contribution < 1.29 is 5.11 Å². The lowest BCUT2D eigenvalue weighted by atomic mass is 9.51. The van der Waals surface area contributed by atoms with Gasteiger partial charge in [-0.2, -0.15) is 0 Å². The Morgan fingerprint density at radius 1 is 1.10 bits per heavy atom. The van der Waals surface area contributed by atoms with Crippen LogP contribution in [0.1, 0.15) is 44.1 Å². The van der Waals surface area contributed by atoms with Gasteiger partial charge in [0.05, 0.1) is 5.60 Å². The third-order valence-corrected chi connectivity index (χ3v) is 5.73. The van der Waals surface area contributed by atoms with Crippen LogP contribution in [0.4, 0.5) is 0 Å². The van der Waals surface area contributed by atoms with Gasteiger partial charge in [0.15, 0.2) is 0 Å². The van der Waals surface area contributed by atoms with Crippen LogP contribution in [0.25, 0.3) is 6.08 Å². The van der Waals surface area contributed by atoms with Crippen LogP contribution in [0.3, 0.4) is 0 Å². The Hall–Kier alpha value is -1.12. The Morgan fingerprint density at radius 2 is 1.81 bits per heavy atom. The average Bonchev–Trinajstić information content (AvgIpc) is 2.42. The van der Waals surface area contributed by atoms with E-state index in [0.29, 0.717) is 0 Å². The van der Waals surface area contributed by atoms with E-state index in [1.165, 1.54) is 24.8 Å². The number of nitrogens with one attached hydrogen (secondary N) is 1. The highest BCUT2D eigenvalue weighted by Crippen LogP contribution is 2.57. The van der Waals surface area contributed by atoms with Crippen LogP contribution in [-0.4, -0.2) is 22.8 Å². The van der Waals surface area contributed by atoms with E-state index in [4.69, 9.17) is 0 Å². The first kappa shape index (κ1) is 13.5. The van der Waals surface area contributed by atoms with Crippen molar-refractivity contribution in [2.75, 3.05) is 6.54 Å². The largest absolute Gasteiger partial charge is 0.390 e.